The molecule has 0 radical (unpaired) electrons. The quantitative estimate of drug-likeness (QED) is 0.849. The van der Waals surface area contributed by atoms with Crippen molar-refractivity contribution in [2.24, 2.45) is 0 Å². The Bertz CT molecular complexity index is 521. The molecule has 0 aromatic heterocycles. The van der Waals surface area contributed by atoms with Gasteiger partial charge in [-0.05, 0) is 20.8 Å². The second-order valence-corrected chi connectivity index (χ2v) is 6.27. The molecule has 1 aromatic carbocycles. The number of hydrogen-bond donors (Lipinski definition) is 1. The highest BCUT2D eigenvalue weighted by Gasteiger charge is 2.40. The zero-order chi connectivity index (χ0) is 15.6. The molecule has 0 unspecified atom stereocenters. The Labute approximate surface area is 124 Å². The molecule has 1 heterocycles. The van der Waals surface area contributed by atoms with E-state index in [9.17, 15) is 14.7 Å². The number of aliphatic hydroxyl groups is 1. The maximum Gasteiger partial charge on any atom is 0.411 e. The highest BCUT2D eigenvalue weighted by atomic mass is 16.6. The van der Waals surface area contributed by atoms with Crippen molar-refractivity contribution in [3.63, 3.8) is 0 Å². The Hall–Kier alpha value is -1.88. The van der Waals surface area contributed by atoms with Crippen LogP contribution in [-0.2, 0) is 4.74 Å². The molecule has 5 nitrogen and oxygen atoms in total. The van der Waals surface area contributed by atoms with Crippen molar-refractivity contribution < 1.29 is 19.4 Å². The van der Waals surface area contributed by atoms with Crippen LogP contribution in [0, 0.1) is 0 Å². The maximum atomic E-state index is 12.5. The summed E-state index contributed by atoms with van der Waals surface area (Å²) in [4.78, 5) is 26.0. The van der Waals surface area contributed by atoms with Gasteiger partial charge in [0.05, 0.1) is 12.6 Å². The number of amides is 1. The number of rotatable bonds is 2. The third-order valence-electron chi connectivity index (χ3n) is 3.27. The average molecular weight is 291 g/mol. The lowest BCUT2D eigenvalue weighted by molar-refractivity contribution is 0.0206. The molecule has 1 aliphatic heterocycles. The van der Waals surface area contributed by atoms with Crippen LogP contribution >= 0.6 is 0 Å². The lowest BCUT2D eigenvalue weighted by Crippen LogP contribution is -2.43. The predicted octanol–water partition coefficient (Wildman–Crippen LogP) is 2.24. The van der Waals surface area contributed by atoms with E-state index < -0.39 is 23.8 Å². The van der Waals surface area contributed by atoms with Crippen LogP contribution in [0.4, 0.5) is 4.79 Å². The second kappa shape index (κ2) is 5.85. The molecule has 1 fully saturated rings. The van der Waals surface area contributed by atoms with E-state index in [1.165, 1.54) is 4.90 Å². The SMILES string of the molecule is CC(C)(C)OC(=O)N1C[C@H](O)C[C@@H]1C(=O)c1ccccc1. The molecule has 0 saturated carbocycles. The number of Topliss-reactive ketones (excluding diaryl/α,β-unsaturated/α-hetero) is 1. The van der Waals surface area contributed by atoms with Gasteiger partial charge in [0.1, 0.15) is 11.6 Å². The number of carbonyl (C=O) groups is 2. The molecule has 1 N–H and O–H groups in total. The highest BCUT2D eigenvalue weighted by Crippen LogP contribution is 2.24. The van der Waals surface area contributed by atoms with Crippen LogP contribution in [0.1, 0.15) is 37.6 Å². The topological polar surface area (TPSA) is 66.8 Å². The van der Waals surface area contributed by atoms with Crippen LogP contribution in [0.2, 0.25) is 0 Å². The van der Waals surface area contributed by atoms with Crippen LogP contribution in [0.3, 0.4) is 0 Å². The molecule has 1 aromatic rings. The number of ether oxygens (including phenoxy) is 1. The summed E-state index contributed by atoms with van der Waals surface area (Å²) in [6, 6.07) is 8.12. The van der Waals surface area contributed by atoms with Crippen molar-refractivity contribution in [3.8, 4) is 0 Å². The van der Waals surface area contributed by atoms with E-state index in [2.05, 4.69) is 0 Å². The Morgan fingerprint density at radius 1 is 1.24 bits per heavy atom. The zero-order valence-electron chi connectivity index (χ0n) is 12.6. The van der Waals surface area contributed by atoms with Crippen molar-refractivity contribution in [2.45, 2.75) is 44.9 Å². The maximum absolute atomic E-state index is 12.5. The molecule has 0 bridgehead atoms. The minimum absolute atomic E-state index is 0.123. The first-order chi connectivity index (χ1) is 9.78. The summed E-state index contributed by atoms with van der Waals surface area (Å²) in [5.41, 5.74) is -0.101. The van der Waals surface area contributed by atoms with Gasteiger partial charge in [0.15, 0.2) is 5.78 Å². The first-order valence-electron chi connectivity index (χ1n) is 7.05. The van der Waals surface area contributed by atoms with Gasteiger partial charge in [-0.2, -0.15) is 0 Å². The predicted molar refractivity (Wildman–Crippen MR) is 78.1 cm³/mol. The first-order valence-corrected chi connectivity index (χ1v) is 7.05. The standard InChI is InChI=1S/C16H21NO4/c1-16(2,3)21-15(20)17-10-12(18)9-13(17)14(19)11-7-5-4-6-8-11/h4-8,12-13,18H,9-10H2,1-3H3/t12-,13-/m1/s1. The molecule has 5 heteroatoms. The summed E-state index contributed by atoms with van der Waals surface area (Å²) in [5.74, 6) is -0.169. The summed E-state index contributed by atoms with van der Waals surface area (Å²) in [6.45, 7) is 5.43. The summed E-state index contributed by atoms with van der Waals surface area (Å²) in [7, 11) is 0. The van der Waals surface area contributed by atoms with Crippen molar-refractivity contribution >= 4 is 11.9 Å². The fraction of sp³-hybridized carbons (Fsp3) is 0.500. The Balaban J connectivity index is 2.17. The van der Waals surface area contributed by atoms with Crippen LogP contribution in [0.25, 0.3) is 0 Å². The number of hydrogen-bond acceptors (Lipinski definition) is 4. The molecule has 0 aliphatic carbocycles. The summed E-state index contributed by atoms with van der Waals surface area (Å²) in [6.07, 6.45) is -1.02. The Morgan fingerprint density at radius 3 is 2.43 bits per heavy atom. The third-order valence-corrected chi connectivity index (χ3v) is 3.27. The van der Waals surface area contributed by atoms with E-state index in [1.807, 2.05) is 6.07 Å². The molecular weight excluding hydrogens is 270 g/mol. The van der Waals surface area contributed by atoms with Gasteiger partial charge < -0.3 is 9.84 Å². The van der Waals surface area contributed by atoms with Crippen LogP contribution in [-0.4, -0.2) is 46.2 Å². The zero-order valence-corrected chi connectivity index (χ0v) is 12.6. The molecule has 1 saturated heterocycles. The smallest absolute Gasteiger partial charge is 0.411 e. The normalized spacial score (nSPS) is 22.2. The molecular formula is C16H21NO4. The Morgan fingerprint density at radius 2 is 1.86 bits per heavy atom. The lowest BCUT2D eigenvalue weighted by Gasteiger charge is -2.27. The first kappa shape index (κ1) is 15.5. The molecule has 114 valence electrons. The van der Waals surface area contributed by atoms with E-state index in [1.54, 1.807) is 45.0 Å². The second-order valence-electron chi connectivity index (χ2n) is 6.27. The van der Waals surface area contributed by atoms with Gasteiger partial charge >= 0.3 is 6.09 Å². The molecule has 21 heavy (non-hydrogen) atoms. The number of nitrogens with zero attached hydrogens (tertiary/aromatic N) is 1. The lowest BCUT2D eigenvalue weighted by atomic mass is 10.0. The minimum atomic E-state index is -0.699. The van der Waals surface area contributed by atoms with E-state index >= 15 is 0 Å². The number of carbonyl (C=O) groups excluding carboxylic acids is 2. The van der Waals surface area contributed by atoms with Crippen molar-refractivity contribution in [1.82, 2.24) is 4.90 Å². The highest BCUT2D eigenvalue weighted by molar-refractivity contribution is 6.01. The van der Waals surface area contributed by atoms with Crippen LogP contribution in [0.5, 0.6) is 0 Å². The molecule has 2 atom stereocenters. The minimum Gasteiger partial charge on any atom is -0.444 e. The van der Waals surface area contributed by atoms with E-state index in [0.717, 1.165) is 0 Å². The van der Waals surface area contributed by atoms with Crippen molar-refractivity contribution in [3.05, 3.63) is 35.9 Å². The van der Waals surface area contributed by atoms with E-state index in [0.29, 0.717) is 5.56 Å². The largest absolute Gasteiger partial charge is 0.444 e. The third kappa shape index (κ3) is 3.82. The van der Waals surface area contributed by atoms with Gasteiger partial charge in [-0.3, -0.25) is 9.69 Å². The average Bonchev–Trinajstić information content (AvgIpc) is 2.79. The van der Waals surface area contributed by atoms with Gasteiger partial charge in [0, 0.05) is 12.0 Å². The summed E-state index contributed by atoms with van der Waals surface area (Å²) in [5, 5.41) is 9.81. The fourth-order valence-electron chi connectivity index (χ4n) is 2.38. The van der Waals surface area contributed by atoms with Gasteiger partial charge in [0.25, 0.3) is 0 Å². The van der Waals surface area contributed by atoms with Gasteiger partial charge in [0.2, 0.25) is 0 Å². The molecule has 1 aliphatic rings. The summed E-state index contributed by atoms with van der Waals surface area (Å²) < 4.78 is 5.31. The van der Waals surface area contributed by atoms with Gasteiger partial charge in [-0.15, -0.1) is 0 Å². The fourth-order valence-corrected chi connectivity index (χ4v) is 2.38. The number of benzene rings is 1. The van der Waals surface area contributed by atoms with E-state index in [-0.39, 0.29) is 18.7 Å². The van der Waals surface area contributed by atoms with Gasteiger partial charge in [-0.1, -0.05) is 30.3 Å². The number of ketones is 1. The number of β-amino-alcohol motifs (C(OH)–C–C–N with tert-alkyl or cyclic N) is 1. The van der Waals surface area contributed by atoms with Crippen molar-refractivity contribution in [1.29, 1.82) is 0 Å². The van der Waals surface area contributed by atoms with Crippen molar-refractivity contribution in [2.75, 3.05) is 6.54 Å². The number of aliphatic hydroxyl groups excluding tert-OH is 1. The summed E-state index contributed by atoms with van der Waals surface area (Å²) >= 11 is 0. The molecule has 1 amide bonds. The molecule has 0 spiro atoms. The van der Waals surface area contributed by atoms with Crippen LogP contribution < -0.4 is 0 Å². The van der Waals surface area contributed by atoms with E-state index in [4.69, 9.17) is 4.74 Å². The number of likely N-dealkylation sites (tertiary alicyclic amines) is 1. The van der Waals surface area contributed by atoms with Crippen LogP contribution in [0.15, 0.2) is 30.3 Å². The monoisotopic (exact) mass is 291 g/mol. The van der Waals surface area contributed by atoms with Gasteiger partial charge in [-0.25, -0.2) is 4.79 Å². The Kier molecular flexibility index (Phi) is 4.32. The molecule has 2 rings (SSSR count).